The highest BCUT2D eigenvalue weighted by molar-refractivity contribution is 7.81. The lowest BCUT2D eigenvalue weighted by Crippen LogP contribution is -2.17. The summed E-state index contributed by atoms with van der Waals surface area (Å²) >= 11 is 0. The molecule has 0 aromatic heterocycles. The van der Waals surface area contributed by atoms with Crippen molar-refractivity contribution in [2.75, 3.05) is 6.79 Å². The van der Waals surface area contributed by atoms with Gasteiger partial charge < -0.3 is 5.73 Å². The molecule has 0 spiro atoms. The van der Waals surface area contributed by atoms with Crippen molar-refractivity contribution in [1.82, 2.24) is 0 Å². The van der Waals surface area contributed by atoms with Gasteiger partial charge in [0.05, 0.1) is 6.10 Å². The highest BCUT2D eigenvalue weighted by atomic mass is 32.3. The molecule has 134 valence electrons. The van der Waals surface area contributed by atoms with Gasteiger partial charge >= 0.3 is 20.8 Å². The summed E-state index contributed by atoms with van der Waals surface area (Å²) in [5.74, 6) is 4.09. The molecule has 14 heteroatoms. The highest BCUT2D eigenvalue weighted by Gasteiger charge is 2.13. The average molecular weight is 368 g/mol. The minimum Gasteiger partial charge on any atom is -0.366 e. The predicted octanol–water partition coefficient (Wildman–Crippen LogP) is -1.08. The van der Waals surface area contributed by atoms with Crippen molar-refractivity contribution in [2.45, 2.75) is 26.9 Å². The summed E-state index contributed by atoms with van der Waals surface area (Å²) < 4.78 is 61.3. The van der Waals surface area contributed by atoms with Crippen molar-refractivity contribution in [3.05, 3.63) is 12.2 Å². The van der Waals surface area contributed by atoms with E-state index >= 15 is 0 Å². The molecule has 0 aliphatic rings. The van der Waals surface area contributed by atoms with E-state index in [1.807, 2.05) is 0 Å². The summed E-state index contributed by atoms with van der Waals surface area (Å²) in [6.07, 6.45) is -0.460. The molecule has 0 saturated heterocycles. The van der Waals surface area contributed by atoms with Gasteiger partial charge in [0.25, 0.3) is 0 Å². The monoisotopic (exact) mass is 368 g/mol. The van der Waals surface area contributed by atoms with Crippen LogP contribution in [0, 0.1) is 0 Å². The van der Waals surface area contributed by atoms with Crippen molar-refractivity contribution in [2.24, 2.45) is 11.6 Å². The maximum absolute atomic E-state index is 10.6. The van der Waals surface area contributed by atoms with Gasteiger partial charge in [-0.1, -0.05) is 6.58 Å². The van der Waals surface area contributed by atoms with E-state index in [0.29, 0.717) is 5.57 Å². The number of hydrogen-bond acceptors (Lipinski definition) is 9. The molecule has 12 nitrogen and oxygen atoms in total. The van der Waals surface area contributed by atoms with Crippen LogP contribution in [-0.2, 0) is 38.8 Å². The van der Waals surface area contributed by atoms with Crippen LogP contribution in [-0.4, -0.2) is 44.7 Å². The van der Waals surface area contributed by atoms with Crippen LogP contribution >= 0.6 is 0 Å². The van der Waals surface area contributed by atoms with Crippen LogP contribution in [0.5, 0.6) is 0 Å². The zero-order valence-electron chi connectivity index (χ0n) is 12.1. The number of carbonyl (C=O) groups is 1. The first-order chi connectivity index (χ1) is 9.62. The molecule has 0 radical (unpaired) electrons. The maximum Gasteiger partial charge on any atom is 0.402 e. The molecule has 0 unspecified atom stereocenters. The SMILES string of the molecule is C=C(C)C(N)=O.CC(C)OS(=O)(=O)OCON.O=S(=O)(O)O. The molecule has 0 heterocycles. The molecule has 0 aromatic carbocycles. The Hall–Kier alpha value is -1.13. The van der Waals surface area contributed by atoms with Crippen LogP contribution in [0.15, 0.2) is 12.2 Å². The van der Waals surface area contributed by atoms with Gasteiger partial charge in [-0.3, -0.25) is 18.7 Å². The Bertz CT molecular complexity index is 505. The molecular weight excluding hydrogens is 348 g/mol. The zero-order valence-corrected chi connectivity index (χ0v) is 13.8. The number of hydrogen-bond donors (Lipinski definition) is 4. The fraction of sp³-hybridized carbons (Fsp3) is 0.625. The minimum atomic E-state index is -4.67. The van der Waals surface area contributed by atoms with Crippen molar-refractivity contribution in [3.63, 3.8) is 0 Å². The molecule has 0 aliphatic carbocycles. The Balaban J connectivity index is -0.000000277. The van der Waals surface area contributed by atoms with E-state index in [1.54, 1.807) is 20.8 Å². The molecule has 0 saturated carbocycles. The van der Waals surface area contributed by atoms with E-state index in [0.717, 1.165) is 0 Å². The largest absolute Gasteiger partial charge is 0.402 e. The minimum absolute atomic E-state index is 0.398. The van der Waals surface area contributed by atoms with Crippen LogP contribution in [0.2, 0.25) is 0 Å². The van der Waals surface area contributed by atoms with Crippen molar-refractivity contribution in [1.29, 1.82) is 0 Å². The van der Waals surface area contributed by atoms with Crippen LogP contribution in [0.1, 0.15) is 20.8 Å². The molecule has 0 atom stereocenters. The number of amides is 1. The Morgan fingerprint density at radius 3 is 1.73 bits per heavy atom. The Morgan fingerprint density at radius 1 is 1.23 bits per heavy atom. The fourth-order valence-corrected chi connectivity index (χ4v) is 1.05. The lowest BCUT2D eigenvalue weighted by atomic mass is 10.3. The summed E-state index contributed by atoms with van der Waals surface area (Å²) in [7, 11) is -8.61. The second-order valence-electron chi connectivity index (χ2n) is 3.55. The zero-order chi connectivity index (χ0) is 18.6. The van der Waals surface area contributed by atoms with Crippen LogP contribution < -0.4 is 11.6 Å². The first-order valence-corrected chi connectivity index (χ1v) is 7.90. The third-order valence-electron chi connectivity index (χ3n) is 0.991. The smallest absolute Gasteiger partial charge is 0.366 e. The van der Waals surface area contributed by atoms with Crippen molar-refractivity contribution >= 4 is 26.7 Å². The highest BCUT2D eigenvalue weighted by Crippen LogP contribution is 1.99. The van der Waals surface area contributed by atoms with Gasteiger partial charge in [-0.2, -0.15) is 16.8 Å². The summed E-state index contributed by atoms with van der Waals surface area (Å²) in [5, 5.41) is 0. The predicted molar refractivity (Wildman–Crippen MR) is 74.6 cm³/mol. The summed E-state index contributed by atoms with van der Waals surface area (Å²) in [6, 6.07) is 0. The van der Waals surface area contributed by atoms with Gasteiger partial charge in [-0.15, -0.1) is 0 Å². The van der Waals surface area contributed by atoms with Crippen molar-refractivity contribution in [3.8, 4) is 0 Å². The Kier molecular flexibility index (Phi) is 14.6. The van der Waals surface area contributed by atoms with Crippen LogP contribution in [0.25, 0.3) is 0 Å². The molecule has 1 amide bonds. The molecule has 0 aliphatic heterocycles. The number of carbonyl (C=O) groups excluding carboxylic acids is 1. The first-order valence-electron chi connectivity index (χ1n) is 5.16. The van der Waals surface area contributed by atoms with Gasteiger partial charge in [-0.25, -0.2) is 14.3 Å². The van der Waals surface area contributed by atoms with Gasteiger partial charge in [0.15, 0.2) is 6.79 Å². The first kappa shape index (κ1) is 25.8. The third-order valence-corrected chi connectivity index (χ3v) is 2.00. The summed E-state index contributed by atoms with van der Waals surface area (Å²) in [4.78, 5) is 13.7. The van der Waals surface area contributed by atoms with Crippen LogP contribution in [0.4, 0.5) is 0 Å². The second-order valence-corrected chi connectivity index (χ2v) is 5.69. The van der Waals surface area contributed by atoms with Gasteiger partial charge in [-0.05, 0) is 20.8 Å². The standard InChI is InChI=1S/C4H11NO5S.C4H7NO.H2O4S/c1-4(2)10-11(6,7)9-3-8-5;1-3(2)4(5)6;1-5(2,3)4/h4H,3,5H2,1-2H3;1H2,2H3,(H2,5,6);(H2,1,2,3,4). The number of nitrogens with two attached hydrogens (primary N) is 2. The van der Waals surface area contributed by atoms with E-state index in [1.165, 1.54) is 0 Å². The third kappa shape index (κ3) is 36.4. The van der Waals surface area contributed by atoms with E-state index < -0.39 is 39.6 Å². The Labute approximate surface area is 128 Å². The van der Waals surface area contributed by atoms with Gasteiger partial charge in [0.1, 0.15) is 0 Å². The number of primary amides is 1. The van der Waals surface area contributed by atoms with E-state index in [-0.39, 0.29) is 0 Å². The fourth-order valence-electron chi connectivity index (χ4n) is 0.350. The quantitative estimate of drug-likeness (QED) is 0.192. The Morgan fingerprint density at radius 2 is 1.55 bits per heavy atom. The molecule has 0 aromatic rings. The van der Waals surface area contributed by atoms with Crippen molar-refractivity contribution < 1.29 is 43.9 Å². The van der Waals surface area contributed by atoms with E-state index in [4.69, 9.17) is 23.3 Å². The van der Waals surface area contributed by atoms with Crippen LogP contribution in [0.3, 0.4) is 0 Å². The van der Waals surface area contributed by atoms with E-state index in [2.05, 4.69) is 25.7 Å². The average Bonchev–Trinajstić information content (AvgIpc) is 2.23. The molecule has 22 heavy (non-hydrogen) atoms. The molecule has 6 N–H and O–H groups in total. The summed E-state index contributed by atoms with van der Waals surface area (Å²) in [5.41, 5.74) is 5.09. The molecular formula is C8H20N2O10S2. The molecule has 0 fully saturated rings. The number of rotatable bonds is 6. The van der Waals surface area contributed by atoms with Gasteiger partial charge in [0, 0.05) is 5.57 Å². The molecule has 0 bridgehead atoms. The lowest BCUT2D eigenvalue weighted by Gasteiger charge is -2.06. The van der Waals surface area contributed by atoms with E-state index in [9.17, 15) is 13.2 Å². The topological polar surface area (TPSA) is 206 Å². The second kappa shape index (κ2) is 12.4. The lowest BCUT2D eigenvalue weighted by molar-refractivity contribution is -0.114. The normalized spacial score (nSPS) is 10.9. The molecule has 0 rings (SSSR count). The maximum atomic E-state index is 10.6. The summed E-state index contributed by atoms with van der Waals surface area (Å²) in [6.45, 7) is 7.42. The van der Waals surface area contributed by atoms with Gasteiger partial charge in [0.2, 0.25) is 5.91 Å².